The molecule has 0 radical (unpaired) electrons. The van der Waals surface area contributed by atoms with Crippen LogP contribution in [-0.4, -0.2) is 21.2 Å². The van der Waals surface area contributed by atoms with Crippen molar-refractivity contribution in [3.63, 3.8) is 0 Å². The number of halogens is 1. The SMILES string of the molecule is CCn1cc(SCC(=O)N2NC(c3cccs3)=CC2c2ccc(F)cc2)c2ccccc21. The lowest BCUT2D eigenvalue weighted by atomic mass is 10.1. The van der Waals surface area contributed by atoms with Crippen LogP contribution in [0.25, 0.3) is 16.6 Å². The van der Waals surface area contributed by atoms with Crippen molar-refractivity contribution in [1.82, 2.24) is 15.0 Å². The molecular formula is C25H22FN3OS2. The van der Waals surface area contributed by atoms with Crippen molar-refractivity contribution in [2.75, 3.05) is 5.75 Å². The third kappa shape index (κ3) is 3.94. The van der Waals surface area contributed by atoms with Gasteiger partial charge in [-0.05, 0) is 48.2 Å². The van der Waals surface area contributed by atoms with E-state index >= 15 is 0 Å². The number of thiophene rings is 1. The number of hydrogen-bond acceptors (Lipinski definition) is 4. The molecule has 0 spiro atoms. The number of amides is 1. The minimum Gasteiger partial charge on any atom is -0.347 e. The molecule has 1 aliphatic rings. The molecule has 32 heavy (non-hydrogen) atoms. The normalized spacial score (nSPS) is 15.8. The molecule has 0 aliphatic carbocycles. The van der Waals surface area contributed by atoms with Gasteiger partial charge in [-0.1, -0.05) is 36.4 Å². The molecule has 0 saturated carbocycles. The molecule has 4 aromatic rings. The summed E-state index contributed by atoms with van der Waals surface area (Å²) >= 11 is 3.16. The van der Waals surface area contributed by atoms with Crippen molar-refractivity contribution < 1.29 is 9.18 Å². The topological polar surface area (TPSA) is 37.3 Å². The summed E-state index contributed by atoms with van der Waals surface area (Å²) in [5.41, 5.74) is 6.23. The first kappa shape index (κ1) is 20.8. The van der Waals surface area contributed by atoms with Gasteiger partial charge in [0, 0.05) is 28.5 Å². The summed E-state index contributed by atoms with van der Waals surface area (Å²) in [4.78, 5) is 15.5. The van der Waals surface area contributed by atoms with Gasteiger partial charge in [0.25, 0.3) is 5.91 Å². The maximum Gasteiger partial charge on any atom is 0.252 e. The van der Waals surface area contributed by atoms with E-state index in [1.807, 2.05) is 35.7 Å². The fourth-order valence-electron chi connectivity index (χ4n) is 3.96. The van der Waals surface area contributed by atoms with Gasteiger partial charge in [0.15, 0.2) is 0 Å². The first-order valence-electron chi connectivity index (χ1n) is 10.4. The van der Waals surface area contributed by atoms with E-state index in [0.717, 1.165) is 33.0 Å². The van der Waals surface area contributed by atoms with Gasteiger partial charge >= 0.3 is 0 Å². The van der Waals surface area contributed by atoms with Gasteiger partial charge in [-0.15, -0.1) is 23.1 Å². The van der Waals surface area contributed by atoms with Crippen molar-refractivity contribution in [3.05, 3.63) is 94.6 Å². The lowest BCUT2D eigenvalue weighted by Crippen LogP contribution is -2.40. The number of nitrogens with one attached hydrogen (secondary N) is 1. The summed E-state index contributed by atoms with van der Waals surface area (Å²) < 4.78 is 15.7. The number of aryl methyl sites for hydroxylation is 1. The van der Waals surface area contributed by atoms with Crippen molar-refractivity contribution >= 4 is 45.6 Å². The molecule has 5 rings (SSSR count). The minimum absolute atomic E-state index is 0.0274. The van der Waals surface area contributed by atoms with Crippen molar-refractivity contribution in [1.29, 1.82) is 0 Å². The van der Waals surface area contributed by atoms with Gasteiger partial charge in [0.2, 0.25) is 0 Å². The molecule has 1 aliphatic heterocycles. The standard InChI is InChI=1S/C25H22FN3OS2/c1-2-28-15-24(19-6-3-4-7-21(19)28)32-16-25(30)29-22(17-9-11-18(26)12-10-17)14-20(27-29)23-8-5-13-31-23/h3-15,22,27H,2,16H2,1H3. The van der Waals surface area contributed by atoms with Crippen molar-refractivity contribution in [2.45, 2.75) is 24.4 Å². The van der Waals surface area contributed by atoms with Crippen LogP contribution in [0.1, 0.15) is 23.4 Å². The Balaban J connectivity index is 1.39. The molecule has 0 saturated heterocycles. The van der Waals surface area contributed by atoms with Crippen LogP contribution in [-0.2, 0) is 11.3 Å². The summed E-state index contributed by atoms with van der Waals surface area (Å²) in [6.07, 6.45) is 4.15. The molecule has 4 nitrogen and oxygen atoms in total. The number of aromatic nitrogens is 1. The molecule has 162 valence electrons. The highest BCUT2D eigenvalue weighted by Crippen LogP contribution is 2.35. The molecule has 7 heteroatoms. The summed E-state index contributed by atoms with van der Waals surface area (Å²) in [6.45, 7) is 2.99. The Hall–Kier alpha value is -3.03. The zero-order valence-corrected chi connectivity index (χ0v) is 19.1. The van der Waals surface area contributed by atoms with E-state index in [2.05, 4.69) is 35.2 Å². The van der Waals surface area contributed by atoms with Gasteiger partial charge in [-0.25, -0.2) is 9.40 Å². The Morgan fingerprint density at radius 1 is 1.12 bits per heavy atom. The summed E-state index contributed by atoms with van der Waals surface area (Å²) in [5.74, 6) is -0.0167. The van der Waals surface area contributed by atoms with E-state index in [1.54, 1.807) is 40.2 Å². The molecule has 1 amide bonds. The monoisotopic (exact) mass is 463 g/mol. The number of para-hydroxylation sites is 1. The number of rotatable bonds is 6. The van der Waals surface area contributed by atoms with Gasteiger partial charge in [0.05, 0.1) is 22.4 Å². The van der Waals surface area contributed by atoms with Gasteiger partial charge in [-0.3, -0.25) is 10.2 Å². The Morgan fingerprint density at radius 3 is 2.69 bits per heavy atom. The fourth-order valence-corrected chi connectivity index (χ4v) is 5.61. The van der Waals surface area contributed by atoms with E-state index in [-0.39, 0.29) is 17.8 Å². The highest BCUT2D eigenvalue weighted by molar-refractivity contribution is 8.00. The van der Waals surface area contributed by atoms with Crippen LogP contribution in [0.15, 0.2) is 83.2 Å². The summed E-state index contributed by atoms with van der Waals surface area (Å²) in [5, 5.41) is 4.83. The van der Waals surface area contributed by atoms with Crippen LogP contribution in [0.2, 0.25) is 0 Å². The van der Waals surface area contributed by atoms with Crippen LogP contribution in [0.5, 0.6) is 0 Å². The Bertz CT molecular complexity index is 1280. The van der Waals surface area contributed by atoms with Crippen molar-refractivity contribution in [2.24, 2.45) is 0 Å². The Labute approximate surface area is 194 Å². The smallest absolute Gasteiger partial charge is 0.252 e. The molecule has 2 aromatic heterocycles. The van der Waals surface area contributed by atoms with Gasteiger partial charge in [-0.2, -0.15) is 0 Å². The van der Waals surface area contributed by atoms with Crippen LogP contribution in [0.3, 0.4) is 0 Å². The predicted molar refractivity (Wildman–Crippen MR) is 130 cm³/mol. The third-order valence-electron chi connectivity index (χ3n) is 5.55. The zero-order valence-electron chi connectivity index (χ0n) is 17.5. The van der Waals surface area contributed by atoms with Crippen LogP contribution >= 0.6 is 23.1 Å². The average molecular weight is 464 g/mol. The molecule has 0 bridgehead atoms. The molecule has 1 unspecified atom stereocenters. The second kappa shape index (κ2) is 8.84. The number of nitrogens with zero attached hydrogens (tertiary/aromatic N) is 2. The third-order valence-corrected chi connectivity index (χ3v) is 7.49. The van der Waals surface area contributed by atoms with Crippen LogP contribution in [0.4, 0.5) is 4.39 Å². The van der Waals surface area contributed by atoms with Crippen LogP contribution in [0, 0.1) is 5.82 Å². The Kier molecular flexibility index (Phi) is 5.76. The Morgan fingerprint density at radius 2 is 1.94 bits per heavy atom. The number of benzene rings is 2. The molecule has 1 atom stereocenters. The predicted octanol–water partition coefficient (Wildman–Crippen LogP) is 6.08. The molecular weight excluding hydrogens is 441 g/mol. The second-order valence-electron chi connectivity index (χ2n) is 7.51. The quantitative estimate of drug-likeness (QED) is 0.352. The zero-order chi connectivity index (χ0) is 22.1. The lowest BCUT2D eigenvalue weighted by Gasteiger charge is -2.25. The van der Waals surface area contributed by atoms with E-state index in [0.29, 0.717) is 5.75 Å². The number of carbonyl (C=O) groups is 1. The molecule has 1 N–H and O–H groups in total. The van der Waals surface area contributed by atoms with E-state index in [1.165, 1.54) is 17.6 Å². The summed E-state index contributed by atoms with van der Waals surface area (Å²) in [7, 11) is 0. The van der Waals surface area contributed by atoms with Crippen molar-refractivity contribution in [3.8, 4) is 0 Å². The number of carbonyl (C=O) groups excluding carboxylic acids is 1. The lowest BCUT2D eigenvalue weighted by molar-refractivity contribution is -0.131. The fraction of sp³-hybridized carbons (Fsp3) is 0.160. The number of hydrogen-bond donors (Lipinski definition) is 1. The number of fused-ring (bicyclic) bond motifs is 1. The highest BCUT2D eigenvalue weighted by atomic mass is 32.2. The first-order chi connectivity index (χ1) is 15.6. The maximum absolute atomic E-state index is 13.5. The first-order valence-corrected chi connectivity index (χ1v) is 12.3. The minimum atomic E-state index is -0.294. The van der Waals surface area contributed by atoms with E-state index < -0.39 is 0 Å². The molecule has 2 aromatic carbocycles. The summed E-state index contributed by atoms with van der Waals surface area (Å²) in [6, 6.07) is 18.3. The van der Waals surface area contributed by atoms with E-state index in [4.69, 9.17) is 0 Å². The van der Waals surface area contributed by atoms with Crippen LogP contribution < -0.4 is 5.43 Å². The average Bonchev–Trinajstić information content (AvgIpc) is 3.56. The molecule has 3 heterocycles. The highest BCUT2D eigenvalue weighted by Gasteiger charge is 2.31. The second-order valence-corrected chi connectivity index (χ2v) is 9.48. The number of thioether (sulfide) groups is 1. The largest absolute Gasteiger partial charge is 0.347 e. The molecule has 0 fully saturated rings. The maximum atomic E-state index is 13.5. The van der Waals surface area contributed by atoms with E-state index in [9.17, 15) is 9.18 Å². The number of hydrazine groups is 1. The van der Waals surface area contributed by atoms with Gasteiger partial charge in [0.1, 0.15) is 5.82 Å². The van der Waals surface area contributed by atoms with Gasteiger partial charge < -0.3 is 4.57 Å².